The van der Waals surface area contributed by atoms with Gasteiger partial charge in [-0.05, 0) is 29.6 Å². The van der Waals surface area contributed by atoms with Gasteiger partial charge in [-0.1, -0.05) is 23.9 Å². The lowest BCUT2D eigenvalue weighted by Gasteiger charge is -2.13. The molecule has 170 valence electrons. The topological polar surface area (TPSA) is 108 Å². The van der Waals surface area contributed by atoms with Crippen molar-refractivity contribution in [2.45, 2.75) is 10.9 Å². The summed E-state index contributed by atoms with van der Waals surface area (Å²) in [4.78, 5) is 52.1. The molecule has 0 aliphatic heterocycles. The molecular formula is C23H17N5O4S2. The number of aromatic nitrogens is 5. The Kier molecular flexibility index (Phi) is 5.72. The zero-order valence-corrected chi connectivity index (χ0v) is 19.7. The molecule has 0 spiro atoms. The summed E-state index contributed by atoms with van der Waals surface area (Å²) in [5, 5.41) is 2.39. The Hall–Kier alpha value is -3.83. The summed E-state index contributed by atoms with van der Waals surface area (Å²) in [5.74, 6) is -0.314. The minimum atomic E-state index is -0.634. The Labute approximate surface area is 200 Å². The first-order valence-corrected chi connectivity index (χ1v) is 12.0. The number of thiophene rings is 1. The van der Waals surface area contributed by atoms with Gasteiger partial charge < -0.3 is 9.30 Å². The van der Waals surface area contributed by atoms with Gasteiger partial charge in [0.1, 0.15) is 11.3 Å². The van der Waals surface area contributed by atoms with Crippen molar-refractivity contribution in [2.75, 3.05) is 7.11 Å². The van der Waals surface area contributed by atoms with Gasteiger partial charge in [-0.25, -0.2) is 14.8 Å². The average molecular weight is 492 g/mol. The molecule has 0 aliphatic rings. The van der Waals surface area contributed by atoms with E-state index in [-0.39, 0.29) is 16.5 Å². The SMILES string of the molecule is COC(=O)c1cc(-c2cccs2)nc2c1c(=O)nc(SCc1cc(=O)n3ccccc3n1)n2C. The van der Waals surface area contributed by atoms with E-state index in [9.17, 15) is 14.4 Å². The molecule has 0 saturated heterocycles. The second kappa shape index (κ2) is 8.84. The highest BCUT2D eigenvalue weighted by molar-refractivity contribution is 7.98. The second-order valence-corrected chi connectivity index (χ2v) is 9.17. The van der Waals surface area contributed by atoms with Gasteiger partial charge >= 0.3 is 5.97 Å². The molecule has 5 aromatic heterocycles. The van der Waals surface area contributed by atoms with Crippen molar-refractivity contribution in [3.05, 3.63) is 86.0 Å². The molecule has 0 bridgehead atoms. The summed E-state index contributed by atoms with van der Waals surface area (Å²) < 4.78 is 8.04. The van der Waals surface area contributed by atoms with Gasteiger partial charge in [-0.3, -0.25) is 14.0 Å². The molecule has 5 rings (SSSR count). The van der Waals surface area contributed by atoms with Gasteiger partial charge in [0.25, 0.3) is 11.1 Å². The standard InChI is InChI=1S/C23H17N5O4S2/c1-27-20-19(14(22(31)32-2)11-15(25-20)16-6-5-9-33-16)21(30)26-23(27)34-12-13-10-18(29)28-8-4-3-7-17(28)24-13/h3-11H,12H2,1-2H3. The quantitative estimate of drug-likeness (QED) is 0.210. The summed E-state index contributed by atoms with van der Waals surface area (Å²) in [7, 11) is 2.99. The number of thioether (sulfide) groups is 1. The van der Waals surface area contributed by atoms with Gasteiger partial charge in [0.05, 0.1) is 34.3 Å². The van der Waals surface area contributed by atoms with Crippen LogP contribution in [0, 0.1) is 0 Å². The Bertz CT molecular complexity index is 1680. The summed E-state index contributed by atoms with van der Waals surface area (Å²) in [6, 6.07) is 12.1. The summed E-state index contributed by atoms with van der Waals surface area (Å²) >= 11 is 2.73. The van der Waals surface area contributed by atoms with Crippen LogP contribution in [0.25, 0.3) is 27.3 Å². The molecule has 11 heteroatoms. The number of carbonyl (C=O) groups excluding carboxylic acids is 1. The predicted molar refractivity (Wildman–Crippen MR) is 130 cm³/mol. The molecule has 0 aromatic carbocycles. The molecule has 34 heavy (non-hydrogen) atoms. The molecule has 9 nitrogen and oxygen atoms in total. The van der Waals surface area contributed by atoms with Gasteiger partial charge in [-0.2, -0.15) is 4.98 Å². The monoisotopic (exact) mass is 491 g/mol. The highest BCUT2D eigenvalue weighted by Crippen LogP contribution is 2.28. The van der Waals surface area contributed by atoms with Gasteiger partial charge in [-0.15, -0.1) is 11.3 Å². The van der Waals surface area contributed by atoms with Crippen LogP contribution in [0.3, 0.4) is 0 Å². The molecule has 5 aromatic rings. The van der Waals surface area contributed by atoms with E-state index in [2.05, 4.69) is 15.0 Å². The highest BCUT2D eigenvalue weighted by Gasteiger charge is 2.21. The fourth-order valence-electron chi connectivity index (χ4n) is 3.56. The second-order valence-electron chi connectivity index (χ2n) is 7.28. The molecule has 0 amide bonds. The van der Waals surface area contributed by atoms with E-state index < -0.39 is 11.5 Å². The molecule has 0 radical (unpaired) electrons. The maximum atomic E-state index is 13.0. The van der Waals surface area contributed by atoms with Crippen molar-refractivity contribution in [1.29, 1.82) is 0 Å². The van der Waals surface area contributed by atoms with E-state index in [1.807, 2.05) is 23.6 Å². The predicted octanol–water partition coefficient (Wildman–Crippen LogP) is 3.14. The zero-order chi connectivity index (χ0) is 23.8. The lowest BCUT2D eigenvalue weighted by Crippen LogP contribution is -2.19. The minimum Gasteiger partial charge on any atom is -0.465 e. The molecule has 0 fully saturated rings. The summed E-state index contributed by atoms with van der Waals surface area (Å²) in [5.41, 5.74) is 1.33. The summed E-state index contributed by atoms with van der Waals surface area (Å²) in [6.07, 6.45) is 1.66. The normalized spacial score (nSPS) is 11.2. The van der Waals surface area contributed by atoms with Crippen molar-refractivity contribution < 1.29 is 9.53 Å². The van der Waals surface area contributed by atoms with Crippen molar-refractivity contribution in [2.24, 2.45) is 7.05 Å². The first kappa shape index (κ1) is 22.0. The third-order valence-electron chi connectivity index (χ3n) is 5.17. The minimum absolute atomic E-state index is 0.0982. The number of esters is 1. The van der Waals surface area contributed by atoms with Crippen molar-refractivity contribution in [3.63, 3.8) is 0 Å². The highest BCUT2D eigenvalue weighted by atomic mass is 32.2. The third kappa shape index (κ3) is 3.88. The number of carbonyl (C=O) groups is 1. The van der Waals surface area contributed by atoms with Crippen LogP contribution in [0.5, 0.6) is 0 Å². The molecule has 0 aliphatic carbocycles. The lowest BCUT2D eigenvalue weighted by atomic mass is 10.1. The number of fused-ring (bicyclic) bond motifs is 2. The maximum absolute atomic E-state index is 13.0. The Morgan fingerprint density at radius 3 is 2.74 bits per heavy atom. The smallest absolute Gasteiger partial charge is 0.338 e. The number of ether oxygens (including phenoxy) is 1. The molecule has 0 saturated carbocycles. The number of nitrogens with zero attached hydrogens (tertiary/aromatic N) is 5. The first-order chi connectivity index (χ1) is 16.5. The largest absolute Gasteiger partial charge is 0.465 e. The van der Waals surface area contributed by atoms with Gasteiger partial charge in [0.2, 0.25) is 0 Å². The molecule has 5 heterocycles. The van der Waals surface area contributed by atoms with Gasteiger partial charge in [0.15, 0.2) is 5.16 Å². The fourth-order valence-corrected chi connectivity index (χ4v) is 5.10. The Morgan fingerprint density at radius 1 is 1.12 bits per heavy atom. The average Bonchev–Trinajstić information content (AvgIpc) is 3.39. The molecule has 0 atom stereocenters. The number of methoxy groups -OCH3 is 1. The van der Waals surface area contributed by atoms with E-state index in [1.54, 1.807) is 36.0 Å². The van der Waals surface area contributed by atoms with Crippen molar-refractivity contribution in [1.82, 2.24) is 23.9 Å². The van der Waals surface area contributed by atoms with Crippen LogP contribution < -0.4 is 11.1 Å². The third-order valence-corrected chi connectivity index (χ3v) is 7.12. The fraction of sp³-hybridized carbons (Fsp3) is 0.130. The number of aryl methyl sites for hydroxylation is 1. The van der Waals surface area contributed by atoms with E-state index in [1.165, 1.54) is 40.7 Å². The maximum Gasteiger partial charge on any atom is 0.338 e. The molecule has 0 N–H and O–H groups in total. The van der Waals surface area contributed by atoms with Crippen LogP contribution in [-0.2, 0) is 17.5 Å². The van der Waals surface area contributed by atoms with Crippen LogP contribution in [-0.4, -0.2) is 37.0 Å². The number of hydrogen-bond donors (Lipinski definition) is 0. The van der Waals surface area contributed by atoms with Crippen LogP contribution in [0.15, 0.2) is 68.8 Å². The molecular weight excluding hydrogens is 474 g/mol. The van der Waals surface area contributed by atoms with Crippen LogP contribution in [0.2, 0.25) is 0 Å². The van der Waals surface area contributed by atoms with E-state index in [0.717, 1.165) is 4.88 Å². The van der Waals surface area contributed by atoms with E-state index >= 15 is 0 Å². The summed E-state index contributed by atoms with van der Waals surface area (Å²) in [6.45, 7) is 0. The van der Waals surface area contributed by atoms with Crippen molar-refractivity contribution in [3.8, 4) is 10.6 Å². The first-order valence-electron chi connectivity index (χ1n) is 10.1. The number of pyridine rings is 2. The van der Waals surface area contributed by atoms with Crippen LogP contribution in [0.1, 0.15) is 16.1 Å². The van der Waals surface area contributed by atoms with Crippen LogP contribution in [0.4, 0.5) is 0 Å². The number of hydrogen-bond acceptors (Lipinski definition) is 9. The van der Waals surface area contributed by atoms with E-state index in [4.69, 9.17) is 4.74 Å². The number of rotatable bonds is 5. The Balaban J connectivity index is 1.60. The Morgan fingerprint density at radius 2 is 1.97 bits per heavy atom. The molecule has 0 unspecified atom stereocenters. The van der Waals surface area contributed by atoms with Crippen molar-refractivity contribution >= 4 is 45.7 Å². The van der Waals surface area contributed by atoms with Crippen LogP contribution >= 0.6 is 23.1 Å². The zero-order valence-electron chi connectivity index (χ0n) is 18.1. The van der Waals surface area contributed by atoms with Gasteiger partial charge in [0, 0.05) is 25.1 Å². The van der Waals surface area contributed by atoms with E-state index in [0.29, 0.717) is 33.6 Å². The lowest BCUT2D eigenvalue weighted by molar-refractivity contribution is 0.0603.